The van der Waals surface area contributed by atoms with Crippen LogP contribution in [0.1, 0.15) is 12.0 Å². The molecule has 0 saturated heterocycles. The maximum absolute atomic E-state index is 11.7. The van der Waals surface area contributed by atoms with Crippen molar-refractivity contribution in [2.24, 2.45) is 11.3 Å². The average Bonchev–Trinajstić information content (AvgIpc) is 3.09. The van der Waals surface area contributed by atoms with Gasteiger partial charge < -0.3 is 10.2 Å². The highest BCUT2D eigenvalue weighted by molar-refractivity contribution is 9.11. The smallest absolute Gasteiger partial charge is 0.328 e. The Labute approximate surface area is 117 Å². The van der Waals surface area contributed by atoms with Crippen LogP contribution in [0.4, 0.5) is 0 Å². The molecule has 1 aromatic rings. The zero-order valence-electron chi connectivity index (χ0n) is 10.2. The molecule has 1 aliphatic carbocycles. The molecule has 0 aromatic carbocycles. The molecule has 1 fully saturated rings. The predicted octanol–water partition coefficient (Wildman–Crippen LogP) is -0.107. The average molecular weight is 331 g/mol. The van der Waals surface area contributed by atoms with Crippen molar-refractivity contribution >= 4 is 22.0 Å². The molecule has 7 heteroatoms. The molecule has 2 atom stereocenters. The van der Waals surface area contributed by atoms with Crippen molar-refractivity contribution in [2.75, 3.05) is 13.2 Å². The first-order valence-electron chi connectivity index (χ1n) is 5.88. The minimum atomic E-state index is -0.506. The molecule has 1 aliphatic rings. The van der Waals surface area contributed by atoms with Gasteiger partial charge in [-0.3, -0.25) is 14.3 Å². The number of aliphatic hydroxyl groups excluding tert-OH is 2. The molecular formula is C12H15BrN2O4. The number of nitrogens with one attached hydrogen (secondary N) is 1. The van der Waals surface area contributed by atoms with E-state index in [1.807, 2.05) is 0 Å². The molecule has 0 bridgehead atoms. The van der Waals surface area contributed by atoms with Crippen LogP contribution in [0.25, 0.3) is 6.08 Å². The van der Waals surface area contributed by atoms with Gasteiger partial charge in [0.25, 0.3) is 5.56 Å². The number of rotatable bonds is 5. The van der Waals surface area contributed by atoms with Gasteiger partial charge in [-0.05, 0) is 23.4 Å². The number of halogens is 1. The van der Waals surface area contributed by atoms with Gasteiger partial charge in [-0.15, -0.1) is 0 Å². The van der Waals surface area contributed by atoms with Gasteiger partial charge in [0.2, 0.25) is 0 Å². The molecule has 3 N–H and O–H groups in total. The first kappa shape index (κ1) is 14.2. The lowest BCUT2D eigenvalue weighted by Crippen LogP contribution is -2.34. The van der Waals surface area contributed by atoms with Gasteiger partial charge in [-0.1, -0.05) is 15.9 Å². The topological polar surface area (TPSA) is 95.3 Å². The van der Waals surface area contributed by atoms with E-state index in [9.17, 15) is 14.7 Å². The zero-order valence-corrected chi connectivity index (χ0v) is 11.8. The molecule has 0 unspecified atom stereocenters. The Bertz CT molecular complexity index is 606. The van der Waals surface area contributed by atoms with Crippen molar-refractivity contribution in [1.82, 2.24) is 9.55 Å². The summed E-state index contributed by atoms with van der Waals surface area (Å²) in [6.45, 7) is 0.188. The lowest BCUT2D eigenvalue weighted by molar-refractivity contribution is 0.156. The van der Waals surface area contributed by atoms with Crippen LogP contribution in [0.5, 0.6) is 0 Å². The monoisotopic (exact) mass is 330 g/mol. The van der Waals surface area contributed by atoms with Crippen LogP contribution < -0.4 is 11.2 Å². The molecule has 104 valence electrons. The van der Waals surface area contributed by atoms with Crippen molar-refractivity contribution in [3.63, 3.8) is 0 Å². The molecule has 0 spiro atoms. The highest BCUT2D eigenvalue weighted by Crippen LogP contribution is 2.52. The molecule has 0 radical (unpaired) electrons. The van der Waals surface area contributed by atoms with Gasteiger partial charge in [-0.2, -0.15) is 0 Å². The lowest BCUT2D eigenvalue weighted by Gasteiger charge is -2.15. The maximum atomic E-state index is 11.7. The third-order valence-corrected chi connectivity index (χ3v) is 3.92. The Balaban J connectivity index is 2.33. The molecular weight excluding hydrogens is 316 g/mol. The fourth-order valence-electron chi connectivity index (χ4n) is 2.30. The van der Waals surface area contributed by atoms with Gasteiger partial charge in [-0.25, -0.2) is 4.79 Å². The highest BCUT2D eigenvalue weighted by Gasteiger charge is 2.53. The molecule has 1 heterocycles. The van der Waals surface area contributed by atoms with E-state index >= 15 is 0 Å². The van der Waals surface area contributed by atoms with Crippen molar-refractivity contribution in [2.45, 2.75) is 13.0 Å². The third kappa shape index (κ3) is 2.72. The number of H-pyrrole nitrogens is 1. The number of aromatic nitrogens is 2. The van der Waals surface area contributed by atoms with Crippen LogP contribution in [0.15, 0.2) is 20.8 Å². The first-order chi connectivity index (χ1) is 9.06. The summed E-state index contributed by atoms with van der Waals surface area (Å²) in [7, 11) is 0. The standard InChI is InChI=1S/C12H15BrN2O4/c13-2-1-8-4-15(11(19)14-10(8)18)6-12(7-17)3-9(12)5-16/h1-2,4,9,16-17H,3,5-7H2,(H,14,18,19)/t9-,12-/m1/s1. The normalized spacial score (nSPS) is 25.9. The number of nitrogens with zero attached hydrogens (tertiary/aromatic N) is 1. The predicted molar refractivity (Wildman–Crippen MR) is 74.0 cm³/mol. The number of hydrogen-bond donors (Lipinski definition) is 3. The van der Waals surface area contributed by atoms with Crippen LogP contribution in [0.2, 0.25) is 0 Å². The molecule has 19 heavy (non-hydrogen) atoms. The quantitative estimate of drug-likeness (QED) is 0.702. The summed E-state index contributed by atoms with van der Waals surface area (Å²) in [5.41, 5.74) is -1.06. The number of hydrogen-bond acceptors (Lipinski definition) is 4. The van der Waals surface area contributed by atoms with Crippen LogP contribution in [-0.4, -0.2) is 33.0 Å². The van der Waals surface area contributed by atoms with E-state index in [2.05, 4.69) is 20.9 Å². The summed E-state index contributed by atoms with van der Waals surface area (Å²) in [5, 5.41) is 18.5. The largest absolute Gasteiger partial charge is 0.396 e. The Hall–Kier alpha value is -1.18. The van der Waals surface area contributed by atoms with Gasteiger partial charge in [0.05, 0.1) is 12.2 Å². The number of aromatic amines is 1. The summed E-state index contributed by atoms with van der Waals surface area (Å²) in [6.07, 6.45) is 3.68. The van der Waals surface area contributed by atoms with Crippen LogP contribution in [-0.2, 0) is 6.54 Å². The molecule has 2 rings (SSSR count). The summed E-state index contributed by atoms with van der Waals surface area (Å²) in [5.74, 6) is 0.00601. The van der Waals surface area contributed by atoms with Gasteiger partial charge in [0, 0.05) is 24.8 Å². The minimum absolute atomic E-state index is 0.00601. The number of aliphatic hydroxyl groups is 2. The second-order valence-corrected chi connectivity index (χ2v) is 5.40. The van der Waals surface area contributed by atoms with Gasteiger partial charge in [0.15, 0.2) is 0 Å². The van der Waals surface area contributed by atoms with E-state index < -0.39 is 16.7 Å². The molecule has 1 aromatic heterocycles. The summed E-state index contributed by atoms with van der Waals surface area (Å²) < 4.78 is 1.37. The van der Waals surface area contributed by atoms with E-state index in [4.69, 9.17) is 5.11 Å². The summed E-state index contributed by atoms with van der Waals surface area (Å²) >= 11 is 3.08. The van der Waals surface area contributed by atoms with Gasteiger partial charge >= 0.3 is 5.69 Å². The Morgan fingerprint density at radius 1 is 1.53 bits per heavy atom. The lowest BCUT2D eigenvalue weighted by atomic mass is 10.1. The maximum Gasteiger partial charge on any atom is 0.328 e. The Kier molecular flexibility index (Phi) is 4.07. The Morgan fingerprint density at radius 3 is 2.79 bits per heavy atom. The van der Waals surface area contributed by atoms with Crippen molar-refractivity contribution in [1.29, 1.82) is 0 Å². The fourth-order valence-corrected chi connectivity index (χ4v) is 2.58. The van der Waals surface area contributed by atoms with E-state index in [0.717, 1.165) is 0 Å². The van der Waals surface area contributed by atoms with E-state index in [0.29, 0.717) is 12.0 Å². The SMILES string of the molecule is O=c1[nH]c(=O)n(C[C@@]2(CO)C[C@@H]2CO)cc1C=CBr. The van der Waals surface area contributed by atoms with Crippen molar-refractivity contribution in [3.05, 3.63) is 37.6 Å². The van der Waals surface area contributed by atoms with E-state index in [1.165, 1.54) is 21.8 Å². The zero-order chi connectivity index (χ0) is 14.0. The van der Waals surface area contributed by atoms with Crippen LogP contribution in [0.3, 0.4) is 0 Å². The van der Waals surface area contributed by atoms with Gasteiger partial charge in [0.1, 0.15) is 0 Å². The third-order valence-electron chi connectivity index (χ3n) is 3.66. The Morgan fingerprint density at radius 2 is 2.26 bits per heavy atom. The fraction of sp³-hybridized carbons (Fsp3) is 0.500. The molecule has 6 nitrogen and oxygen atoms in total. The minimum Gasteiger partial charge on any atom is -0.396 e. The van der Waals surface area contributed by atoms with Crippen LogP contribution in [0, 0.1) is 11.3 Å². The second kappa shape index (κ2) is 5.44. The van der Waals surface area contributed by atoms with Crippen molar-refractivity contribution < 1.29 is 10.2 Å². The van der Waals surface area contributed by atoms with Crippen LogP contribution >= 0.6 is 15.9 Å². The molecule has 0 amide bonds. The highest BCUT2D eigenvalue weighted by atomic mass is 79.9. The molecule has 1 saturated carbocycles. The first-order valence-corrected chi connectivity index (χ1v) is 6.80. The molecule has 0 aliphatic heterocycles. The second-order valence-electron chi connectivity index (χ2n) is 4.87. The van der Waals surface area contributed by atoms with Crippen molar-refractivity contribution in [3.8, 4) is 0 Å². The van der Waals surface area contributed by atoms with E-state index in [1.54, 1.807) is 0 Å². The summed E-state index contributed by atoms with van der Waals surface area (Å²) in [6, 6.07) is 0. The summed E-state index contributed by atoms with van der Waals surface area (Å²) in [4.78, 5) is 27.0. The van der Waals surface area contributed by atoms with E-state index in [-0.39, 0.29) is 25.7 Å².